The highest BCUT2D eigenvalue weighted by atomic mass is 16.3. The Morgan fingerprint density at radius 1 is 1.35 bits per heavy atom. The van der Waals surface area contributed by atoms with Crippen molar-refractivity contribution >= 4 is 0 Å². The molecule has 1 aromatic heterocycles. The van der Waals surface area contributed by atoms with Crippen LogP contribution >= 0.6 is 0 Å². The molecule has 17 heavy (non-hydrogen) atoms. The first-order valence-corrected chi connectivity index (χ1v) is 5.49. The maximum atomic E-state index is 10.3. The third kappa shape index (κ3) is 2.09. The summed E-state index contributed by atoms with van der Waals surface area (Å²) in [6.07, 6.45) is 0.884. The monoisotopic (exact) mass is 232 g/mol. The molecule has 4 nitrogen and oxygen atoms in total. The van der Waals surface area contributed by atoms with E-state index in [1.165, 1.54) is 0 Å². The Morgan fingerprint density at radius 3 is 2.65 bits per heavy atom. The first kappa shape index (κ1) is 11.8. The maximum Gasteiger partial charge on any atom is 0.123 e. The van der Waals surface area contributed by atoms with E-state index in [0.717, 1.165) is 11.3 Å². The lowest BCUT2D eigenvalue weighted by Gasteiger charge is -2.13. The van der Waals surface area contributed by atoms with Crippen molar-refractivity contribution in [3.63, 3.8) is 0 Å². The van der Waals surface area contributed by atoms with Gasteiger partial charge in [-0.3, -0.25) is 0 Å². The number of nitrogens with zero attached hydrogens (tertiary/aromatic N) is 2. The van der Waals surface area contributed by atoms with Gasteiger partial charge >= 0.3 is 0 Å². The van der Waals surface area contributed by atoms with E-state index in [-0.39, 0.29) is 6.61 Å². The van der Waals surface area contributed by atoms with Gasteiger partial charge in [-0.05, 0) is 18.1 Å². The fourth-order valence-corrected chi connectivity index (χ4v) is 1.87. The van der Waals surface area contributed by atoms with Crippen LogP contribution in [0.2, 0.25) is 0 Å². The molecule has 1 aromatic carbocycles. The molecule has 0 amide bonds. The molecular formula is C13H16N2O2. The van der Waals surface area contributed by atoms with Gasteiger partial charge in [0.1, 0.15) is 6.10 Å². The molecule has 0 aliphatic carbocycles. The second kappa shape index (κ2) is 4.69. The molecule has 2 N–H and O–H groups in total. The van der Waals surface area contributed by atoms with Gasteiger partial charge in [0.15, 0.2) is 0 Å². The number of imidazole rings is 1. The van der Waals surface area contributed by atoms with Crippen LogP contribution in [0.15, 0.2) is 30.6 Å². The second-order valence-electron chi connectivity index (χ2n) is 4.09. The molecule has 90 valence electrons. The van der Waals surface area contributed by atoms with Gasteiger partial charge in [0, 0.05) is 12.7 Å². The normalized spacial score (nSPS) is 12.7. The smallest absolute Gasteiger partial charge is 0.123 e. The Morgan fingerprint density at radius 2 is 2.06 bits per heavy atom. The number of aryl methyl sites for hydroxylation is 1. The summed E-state index contributed by atoms with van der Waals surface area (Å²) < 4.78 is 1.86. The van der Waals surface area contributed by atoms with Crippen molar-refractivity contribution in [1.82, 2.24) is 9.55 Å². The lowest BCUT2D eigenvalue weighted by Crippen LogP contribution is -2.06. The zero-order chi connectivity index (χ0) is 12.4. The molecule has 0 bridgehead atoms. The van der Waals surface area contributed by atoms with E-state index in [1.54, 1.807) is 12.4 Å². The molecule has 1 unspecified atom stereocenters. The van der Waals surface area contributed by atoms with Crippen molar-refractivity contribution in [2.75, 3.05) is 0 Å². The van der Waals surface area contributed by atoms with Gasteiger partial charge in [0.25, 0.3) is 0 Å². The molecule has 1 heterocycles. The fourth-order valence-electron chi connectivity index (χ4n) is 1.87. The Bertz CT molecular complexity index is 520. The van der Waals surface area contributed by atoms with Crippen molar-refractivity contribution in [3.8, 4) is 0 Å². The summed E-state index contributed by atoms with van der Waals surface area (Å²) in [4.78, 5) is 4.20. The minimum atomic E-state index is -0.792. The van der Waals surface area contributed by atoms with Crippen LogP contribution in [0, 0.1) is 6.92 Å². The first-order chi connectivity index (χ1) is 8.15. The van der Waals surface area contributed by atoms with E-state index >= 15 is 0 Å². The molecule has 0 saturated carbocycles. The molecule has 0 aliphatic heterocycles. The second-order valence-corrected chi connectivity index (χ2v) is 4.09. The van der Waals surface area contributed by atoms with Gasteiger partial charge in [0.05, 0.1) is 18.6 Å². The molecule has 0 aliphatic rings. The quantitative estimate of drug-likeness (QED) is 0.838. The van der Waals surface area contributed by atoms with Crippen molar-refractivity contribution in [3.05, 3.63) is 53.1 Å². The van der Waals surface area contributed by atoms with Crippen LogP contribution in [0.4, 0.5) is 0 Å². The maximum absolute atomic E-state index is 10.3. The van der Waals surface area contributed by atoms with Crippen LogP contribution in [0.3, 0.4) is 0 Å². The van der Waals surface area contributed by atoms with Gasteiger partial charge in [-0.15, -0.1) is 0 Å². The predicted molar refractivity (Wildman–Crippen MR) is 64.4 cm³/mol. The number of rotatable bonds is 3. The van der Waals surface area contributed by atoms with E-state index in [4.69, 9.17) is 0 Å². The Kier molecular flexibility index (Phi) is 3.26. The number of aliphatic hydroxyl groups excluding tert-OH is 2. The average Bonchev–Trinajstić information content (AvgIpc) is 2.69. The summed E-state index contributed by atoms with van der Waals surface area (Å²) in [5, 5.41) is 19.6. The summed E-state index contributed by atoms with van der Waals surface area (Å²) in [5.41, 5.74) is 2.99. The van der Waals surface area contributed by atoms with Crippen LogP contribution in [-0.2, 0) is 13.7 Å². The van der Waals surface area contributed by atoms with Crippen molar-refractivity contribution < 1.29 is 10.2 Å². The van der Waals surface area contributed by atoms with Gasteiger partial charge in [0.2, 0.25) is 0 Å². The largest absolute Gasteiger partial charge is 0.392 e. The lowest BCUT2D eigenvalue weighted by atomic mass is 10.00. The molecule has 0 radical (unpaired) electrons. The van der Waals surface area contributed by atoms with Gasteiger partial charge in [-0.25, -0.2) is 4.98 Å². The fraction of sp³-hybridized carbons (Fsp3) is 0.308. The number of hydrogen-bond acceptors (Lipinski definition) is 3. The molecule has 4 heteroatoms. The Hall–Kier alpha value is -1.65. The zero-order valence-corrected chi connectivity index (χ0v) is 9.96. The third-order valence-electron chi connectivity index (χ3n) is 3.05. The average molecular weight is 232 g/mol. The minimum Gasteiger partial charge on any atom is -0.392 e. The van der Waals surface area contributed by atoms with Gasteiger partial charge in [-0.2, -0.15) is 0 Å². The van der Waals surface area contributed by atoms with E-state index in [1.807, 2.05) is 36.7 Å². The van der Waals surface area contributed by atoms with Crippen LogP contribution in [0.1, 0.15) is 28.6 Å². The molecular weight excluding hydrogens is 216 g/mol. The highest BCUT2D eigenvalue weighted by Crippen LogP contribution is 2.25. The lowest BCUT2D eigenvalue weighted by molar-refractivity contribution is 0.208. The van der Waals surface area contributed by atoms with Crippen molar-refractivity contribution in [2.45, 2.75) is 19.6 Å². The van der Waals surface area contributed by atoms with Crippen LogP contribution in [-0.4, -0.2) is 19.8 Å². The third-order valence-corrected chi connectivity index (χ3v) is 3.05. The molecule has 1 atom stereocenters. The number of aromatic nitrogens is 2. The molecule has 2 aromatic rings. The van der Waals surface area contributed by atoms with Crippen molar-refractivity contribution in [2.24, 2.45) is 7.05 Å². The van der Waals surface area contributed by atoms with E-state index in [2.05, 4.69) is 4.98 Å². The highest BCUT2D eigenvalue weighted by molar-refractivity contribution is 5.34. The predicted octanol–water partition coefficient (Wildman–Crippen LogP) is 1.30. The Balaban J connectivity index is 2.43. The van der Waals surface area contributed by atoms with Gasteiger partial charge < -0.3 is 14.8 Å². The standard InChI is InChI=1S/C13H16N2O2/c1-9-12(14-8-15(9)2)13(17)11-6-4-3-5-10(11)7-16/h3-6,8,13,16-17H,7H2,1-2H3. The van der Waals surface area contributed by atoms with E-state index in [0.29, 0.717) is 11.3 Å². The molecule has 0 fully saturated rings. The summed E-state index contributed by atoms with van der Waals surface area (Å²) in [7, 11) is 1.89. The number of hydrogen-bond donors (Lipinski definition) is 2. The molecule has 2 rings (SSSR count). The van der Waals surface area contributed by atoms with Crippen LogP contribution < -0.4 is 0 Å². The van der Waals surface area contributed by atoms with E-state index in [9.17, 15) is 10.2 Å². The highest BCUT2D eigenvalue weighted by Gasteiger charge is 2.18. The van der Waals surface area contributed by atoms with Gasteiger partial charge in [-0.1, -0.05) is 24.3 Å². The summed E-state index contributed by atoms with van der Waals surface area (Å²) in [5.74, 6) is 0. The molecule has 0 saturated heterocycles. The van der Waals surface area contributed by atoms with Crippen LogP contribution in [0.5, 0.6) is 0 Å². The SMILES string of the molecule is Cc1c(C(O)c2ccccc2CO)ncn1C. The van der Waals surface area contributed by atoms with Crippen molar-refractivity contribution in [1.29, 1.82) is 0 Å². The number of aliphatic hydroxyl groups is 2. The minimum absolute atomic E-state index is 0.0842. The topological polar surface area (TPSA) is 58.3 Å². The molecule has 0 spiro atoms. The first-order valence-electron chi connectivity index (χ1n) is 5.49. The Labute approximate surface area is 100 Å². The summed E-state index contributed by atoms with van der Waals surface area (Å²) in [6, 6.07) is 7.30. The summed E-state index contributed by atoms with van der Waals surface area (Å²) in [6.45, 7) is 1.83. The van der Waals surface area contributed by atoms with Crippen LogP contribution in [0.25, 0.3) is 0 Å². The number of benzene rings is 1. The zero-order valence-electron chi connectivity index (χ0n) is 9.96. The van der Waals surface area contributed by atoms with E-state index < -0.39 is 6.10 Å². The summed E-state index contributed by atoms with van der Waals surface area (Å²) >= 11 is 0.